The minimum absolute atomic E-state index is 0.190. The van der Waals surface area contributed by atoms with Crippen molar-refractivity contribution in [3.63, 3.8) is 0 Å². The van der Waals surface area contributed by atoms with Crippen molar-refractivity contribution in [2.75, 3.05) is 33.8 Å². The zero-order valence-corrected chi connectivity index (χ0v) is 15.8. The van der Waals surface area contributed by atoms with Crippen molar-refractivity contribution in [2.45, 2.75) is 18.7 Å². The molecule has 1 aliphatic heterocycles. The molecule has 0 unspecified atom stereocenters. The number of hydrogen-bond donors (Lipinski definition) is 0. The Balaban J connectivity index is 2.51. The van der Waals surface area contributed by atoms with E-state index in [0.29, 0.717) is 13.1 Å². The molecule has 0 N–H and O–H groups in total. The molecule has 8 heteroatoms. The van der Waals surface area contributed by atoms with Gasteiger partial charge in [-0.05, 0) is 40.1 Å². The average molecular weight is 357 g/mol. The summed E-state index contributed by atoms with van der Waals surface area (Å²) < 4.78 is 39.5. The minimum atomic E-state index is -3.80. The van der Waals surface area contributed by atoms with Crippen LogP contribution in [0.5, 0.6) is 0 Å². The van der Waals surface area contributed by atoms with Gasteiger partial charge in [0.1, 0.15) is 0 Å². The van der Waals surface area contributed by atoms with Crippen LogP contribution in [0.4, 0.5) is 0 Å². The Morgan fingerprint density at radius 2 is 1.78 bits per heavy atom. The van der Waals surface area contributed by atoms with E-state index >= 15 is 0 Å². The topological polar surface area (TPSA) is 62.2 Å². The molecular formula is C15H24N3O3PS. The summed E-state index contributed by atoms with van der Waals surface area (Å²) in [7, 11) is -2.83. The van der Waals surface area contributed by atoms with E-state index in [0.717, 1.165) is 11.1 Å². The predicted molar refractivity (Wildman–Crippen MR) is 93.7 cm³/mol. The Bertz CT molecular complexity index is 730. The van der Waals surface area contributed by atoms with E-state index in [1.807, 2.05) is 37.3 Å². The van der Waals surface area contributed by atoms with E-state index < -0.39 is 17.6 Å². The molecule has 0 spiro atoms. The Morgan fingerprint density at radius 1 is 1.26 bits per heavy atom. The summed E-state index contributed by atoms with van der Waals surface area (Å²) >= 11 is 0. The first-order valence-corrected chi connectivity index (χ1v) is 10.4. The molecule has 1 aromatic rings. The second-order valence-corrected chi connectivity index (χ2v) is 10.6. The van der Waals surface area contributed by atoms with E-state index in [2.05, 4.69) is 10.7 Å². The Labute approximate surface area is 139 Å². The highest BCUT2D eigenvalue weighted by Crippen LogP contribution is 2.60. The smallest absolute Gasteiger partial charge is 0.285 e. The molecule has 2 rings (SSSR count). The third-order valence-electron chi connectivity index (χ3n) is 3.65. The van der Waals surface area contributed by atoms with Gasteiger partial charge < -0.3 is 4.52 Å². The maximum Gasteiger partial charge on any atom is 0.285 e. The maximum absolute atomic E-state index is 12.7. The van der Waals surface area contributed by atoms with Crippen LogP contribution in [-0.4, -0.2) is 51.6 Å². The first kappa shape index (κ1) is 18.4. The first-order valence-electron chi connectivity index (χ1n) is 7.35. The summed E-state index contributed by atoms with van der Waals surface area (Å²) in [6.07, 6.45) is 0. The van der Waals surface area contributed by atoms with Crippen LogP contribution >= 0.6 is 7.58 Å². The summed E-state index contributed by atoms with van der Waals surface area (Å²) in [4.78, 5) is 0.190. The van der Waals surface area contributed by atoms with E-state index in [1.54, 1.807) is 24.3 Å². The fraction of sp³-hybridized carbons (Fsp3) is 0.467. The monoisotopic (exact) mass is 357 g/mol. The number of rotatable bonds is 5. The molecule has 1 fully saturated rings. The lowest BCUT2D eigenvalue weighted by atomic mass is 10.2. The Morgan fingerprint density at radius 3 is 2.26 bits per heavy atom. The fourth-order valence-corrected chi connectivity index (χ4v) is 7.42. The SMILES string of the molecule is C=C(C)COP1(=NS(=O)(=O)c2ccc(C)cc2)N(C)CCN1C. The molecule has 0 aliphatic carbocycles. The maximum atomic E-state index is 12.7. The predicted octanol–water partition coefficient (Wildman–Crippen LogP) is 3.10. The molecule has 6 nitrogen and oxygen atoms in total. The van der Waals surface area contributed by atoms with Crippen LogP contribution < -0.4 is 0 Å². The molecule has 0 atom stereocenters. The van der Waals surface area contributed by atoms with Crippen molar-refractivity contribution in [3.8, 4) is 0 Å². The molecule has 0 amide bonds. The van der Waals surface area contributed by atoms with Crippen molar-refractivity contribution >= 4 is 17.6 Å². The molecule has 1 saturated heterocycles. The van der Waals surface area contributed by atoms with Gasteiger partial charge in [0.2, 0.25) is 7.58 Å². The van der Waals surface area contributed by atoms with Gasteiger partial charge in [0, 0.05) is 13.1 Å². The van der Waals surface area contributed by atoms with E-state index in [-0.39, 0.29) is 11.5 Å². The van der Waals surface area contributed by atoms with Crippen molar-refractivity contribution in [2.24, 2.45) is 4.15 Å². The minimum Gasteiger partial charge on any atom is -0.316 e. The normalized spacial score (nSPS) is 19.0. The lowest BCUT2D eigenvalue weighted by Gasteiger charge is -2.30. The third kappa shape index (κ3) is 3.92. The van der Waals surface area contributed by atoms with Crippen LogP contribution in [0, 0.1) is 6.92 Å². The van der Waals surface area contributed by atoms with Gasteiger partial charge in [-0.25, -0.2) is 9.34 Å². The summed E-state index contributed by atoms with van der Waals surface area (Å²) in [5.74, 6) is 0. The summed E-state index contributed by atoms with van der Waals surface area (Å²) in [6.45, 7) is 9.31. The second kappa shape index (κ2) is 6.87. The standard InChI is InChI=1S/C15H24N3O3PS/c1-13(2)12-21-22(17(4)10-11-18(22)5)16-23(19,20)15-8-6-14(3)7-9-15/h6-9H,1,10-12H2,2-5H3. The van der Waals surface area contributed by atoms with E-state index in [1.165, 1.54) is 0 Å². The van der Waals surface area contributed by atoms with Crippen molar-refractivity contribution < 1.29 is 12.9 Å². The highest BCUT2D eigenvalue weighted by molar-refractivity contribution is 7.93. The molecule has 23 heavy (non-hydrogen) atoms. The third-order valence-corrected chi connectivity index (χ3v) is 8.89. The lowest BCUT2D eigenvalue weighted by molar-refractivity contribution is 0.332. The summed E-state index contributed by atoms with van der Waals surface area (Å²) in [5.41, 5.74) is 1.84. The molecule has 0 bridgehead atoms. The van der Waals surface area contributed by atoms with Crippen LogP contribution in [0.15, 0.2) is 45.5 Å². The molecular weight excluding hydrogens is 333 g/mol. The van der Waals surface area contributed by atoms with Crippen LogP contribution in [0.1, 0.15) is 12.5 Å². The molecule has 0 saturated carbocycles. The van der Waals surface area contributed by atoms with Gasteiger partial charge >= 0.3 is 0 Å². The number of hydrogen-bond acceptors (Lipinski definition) is 3. The number of benzene rings is 1. The van der Waals surface area contributed by atoms with Gasteiger partial charge in [-0.3, -0.25) is 0 Å². The first-order chi connectivity index (χ1) is 10.7. The van der Waals surface area contributed by atoms with Crippen molar-refractivity contribution in [3.05, 3.63) is 42.0 Å². The highest BCUT2D eigenvalue weighted by atomic mass is 32.2. The zero-order chi connectivity index (χ0) is 17.3. The zero-order valence-electron chi connectivity index (χ0n) is 14.1. The number of likely N-dealkylation sites (N-methyl/N-ethyl adjacent to an activating group) is 2. The van der Waals surface area contributed by atoms with Crippen molar-refractivity contribution in [1.82, 2.24) is 9.34 Å². The van der Waals surface area contributed by atoms with Crippen LogP contribution in [0.25, 0.3) is 0 Å². The highest BCUT2D eigenvalue weighted by Gasteiger charge is 2.39. The molecule has 0 radical (unpaired) electrons. The fourth-order valence-electron chi connectivity index (χ4n) is 2.25. The van der Waals surface area contributed by atoms with Gasteiger partial charge in [0.05, 0.1) is 11.5 Å². The van der Waals surface area contributed by atoms with Crippen LogP contribution in [0.2, 0.25) is 0 Å². The van der Waals surface area contributed by atoms with Gasteiger partial charge in [-0.15, -0.1) is 4.15 Å². The largest absolute Gasteiger partial charge is 0.316 e. The van der Waals surface area contributed by atoms with Crippen LogP contribution in [0.3, 0.4) is 0 Å². The second-order valence-electron chi connectivity index (χ2n) is 5.88. The number of sulfonamides is 1. The van der Waals surface area contributed by atoms with Crippen LogP contribution in [-0.2, 0) is 14.5 Å². The van der Waals surface area contributed by atoms with Gasteiger partial charge in [0.15, 0.2) is 0 Å². The van der Waals surface area contributed by atoms with Gasteiger partial charge in [-0.2, -0.15) is 8.42 Å². The summed E-state index contributed by atoms with van der Waals surface area (Å²) in [6, 6.07) is 6.70. The van der Waals surface area contributed by atoms with Gasteiger partial charge in [-0.1, -0.05) is 29.8 Å². The van der Waals surface area contributed by atoms with E-state index in [9.17, 15) is 8.42 Å². The molecule has 128 valence electrons. The molecule has 1 aliphatic rings. The number of nitrogens with zero attached hydrogens (tertiary/aromatic N) is 3. The Hall–Kier alpha value is -0.980. The number of aryl methyl sites for hydroxylation is 1. The lowest BCUT2D eigenvalue weighted by Crippen LogP contribution is -2.18. The van der Waals surface area contributed by atoms with E-state index in [4.69, 9.17) is 4.52 Å². The average Bonchev–Trinajstić information content (AvgIpc) is 2.74. The van der Waals surface area contributed by atoms with Gasteiger partial charge in [0.25, 0.3) is 10.0 Å². The van der Waals surface area contributed by atoms with Crippen molar-refractivity contribution in [1.29, 1.82) is 0 Å². The Kier molecular flexibility index (Phi) is 5.48. The summed E-state index contributed by atoms with van der Waals surface area (Å²) in [5, 5.41) is 0. The molecule has 1 heterocycles. The molecule has 0 aromatic heterocycles. The quantitative estimate of drug-likeness (QED) is 0.599. The molecule has 1 aromatic carbocycles.